The van der Waals surface area contributed by atoms with Gasteiger partial charge in [0.1, 0.15) is 12.4 Å². The van der Waals surface area contributed by atoms with Gasteiger partial charge in [-0.05, 0) is 24.0 Å². The molecule has 1 N–H and O–H groups in total. The number of aromatic nitrogens is 2. The number of hydrogen-bond acceptors (Lipinski definition) is 6. The van der Waals surface area contributed by atoms with E-state index >= 15 is 0 Å². The van der Waals surface area contributed by atoms with Crippen molar-refractivity contribution in [1.29, 1.82) is 0 Å². The predicted octanol–water partition coefficient (Wildman–Crippen LogP) is 3.93. The minimum Gasteiger partial charge on any atom is -0.496 e. The number of amides is 1. The molecule has 1 aromatic heterocycles. The smallest absolute Gasteiger partial charge is 0.416 e. The second-order valence-corrected chi connectivity index (χ2v) is 7.49. The zero-order valence-corrected chi connectivity index (χ0v) is 17.8. The molecule has 0 unspecified atom stereocenters. The number of aromatic amines is 1. The number of anilines is 1. The van der Waals surface area contributed by atoms with Gasteiger partial charge in [-0.2, -0.15) is 0 Å². The van der Waals surface area contributed by atoms with Crippen LogP contribution in [0, 0.1) is 5.92 Å². The Labute approximate surface area is 179 Å². The molecule has 0 aliphatic heterocycles. The molecule has 1 heterocycles. The van der Waals surface area contributed by atoms with Gasteiger partial charge in [0.2, 0.25) is 5.95 Å². The minimum atomic E-state index is -0.608. The predicted molar refractivity (Wildman–Crippen MR) is 118 cm³/mol. The summed E-state index contributed by atoms with van der Waals surface area (Å²) in [7, 11) is 1.43. The van der Waals surface area contributed by atoms with E-state index < -0.39 is 11.7 Å². The van der Waals surface area contributed by atoms with E-state index in [0.717, 1.165) is 5.56 Å². The molecule has 0 aliphatic carbocycles. The Balaban J connectivity index is 1.96. The molecule has 8 heteroatoms. The van der Waals surface area contributed by atoms with Gasteiger partial charge in [0.25, 0.3) is 5.56 Å². The van der Waals surface area contributed by atoms with Gasteiger partial charge in [-0.3, -0.25) is 14.6 Å². The molecule has 3 aromatic rings. The van der Waals surface area contributed by atoms with Crippen LogP contribution in [0.4, 0.5) is 10.7 Å². The molecule has 0 saturated heterocycles. The number of ether oxygens (including phenoxy) is 2. The Kier molecular flexibility index (Phi) is 7.02. The summed E-state index contributed by atoms with van der Waals surface area (Å²) in [6, 6.07) is 12.3. The summed E-state index contributed by atoms with van der Waals surface area (Å²) >= 11 is 0. The molecule has 0 spiro atoms. The Morgan fingerprint density at radius 2 is 1.97 bits per heavy atom. The van der Waals surface area contributed by atoms with Gasteiger partial charge in [0, 0.05) is 12.6 Å². The summed E-state index contributed by atoms with van der Waals surface area (Å²) in [5.74, 6) is 0.705. The van der Waals surface area contributed by atoms with Crippen LogP contribution >= 0.6 is 0 Å². The molecular formula is C23H25N3O5. The number of benzene rings is 2. The summed E-state index contributed by atoms with van der Waals surface area (Å²) in [6.07, 6.45) is 0.695. The van der Waals surface area contributed by atoms with Crippen LogP contribution in [0.25, 0.3) is 10.9 Å². The highest BCUT2D eigenvalue weighted by Crippen LogP contribution is 2.23. The standard InChI is InChI=1S/C23H25N3O5/c1-15(2)9-10-26(23(29)31-14-16-7-5-4-6-8-16)22-24-19-12-20(30-3)17(13-27)11-18(19)21(28)25-22/h4-8,11-13,15H,9-10,14H2,1-3H3,(H,24,25,28). The Morgan fingerprint density at radius 3 is 2.61 bits per heavy atom. The molecule has 0 aliphatic rings. The fourth-order valence-corrected chi connectivity index (χ4v) is 3.04. The monoisotopic (exact) mass is 423 g/mol. The largest absolute Gasteiger partial charge is 0.496 e. The average molecular weight is 423 g/mol. The van der Waals surface area contributed by atoms with Crippen LogP contribution in [0.5, 0.6) is 5.75 Å². The molecule has 0 radical (unpaired) electrons. The molecule has 0 atom stereocenters. The Bertz CT molecular complexity index is 1130. The third kappa shape index (κ3) is 5.28. The van der Waals surface area contributed by atoms with Crippen molar-refractivity contribution < 1.29 is 19.1 Å². The summed E-state index contributed by atoms with van der Waals surface area (Å²) in [5, 5.41) is 0.230. The van der Waals surface area contributed by atoms with Crippen LogP contribution < -0.4 is 15.2 Å². The number of carbonyl (C=O) groups excluding carboxylic acids is 2. The van der Waals surface area contributed by atoms with Crippen molar-refractivity contribution >= 4 is 29.2 Å². The number of aldehydes is 1. The Morgan fingerprint density at radius 1 is 1.23 bits per heavy atom. The van der Waals surface area contributed by atoms with E-state index in [1.807, 2.05) is 44.2 Å². The lowest BCUT2D eigenvalue weighted by molar-refractivity contribution is 0.112. The minimum absolute atomic E-state index is 0.0807. The molecule has 8 nitrogen and oxygen atoms in total. The molecule has 1 amide bonds. The van der Waals surface area contributed by atoms with Crippen LogP contribution in [-0.4, -0.2) is 36.0 Å². The van der Waals surface area contributed by atoms with Gasteiger partial charge in [0.15, 0.2) is 6.29 Å². The number of rotatable bonds is 8. The zero-order valence-electron chi connectivity index (χ0n) is 17.8. The summed E-state index contributed by atoms with van der Waals surface area (Å²) in [4.78, 5) is 45.2. The second kappa shape index (κ2) is 9.88. The zero-order chi connectivity index (χ0) is 22.4. The molecule has 2 aromatic carbocycles. The highest BCUT2D eigenvalue weighted by atomic mass is 16.6. The van der Waals surface area contributed by atoms with Crippen molar-refractivity contribution in [3.63, 3.8) is 0 Å². The van der Waals surface area contributed by atoms with Gasteiger partial charge in [-0.1, -0.05) is 44.2 Å². The van der Waals surface area contributed by atoms with E-state index in [-0.39, 0.29) is 23.5 Å². The van der Waals surface area contributed by atoms with E-state index in [1.54, 1.807) is 0 Å². The molecular weight excluding hydrogens is 398 g/mol. The number of H-pyrrole nitrogens is 1. The average Bonchev–Trinajstić information content (AvgIpc) is 2.77. The summed E-state index contributed by atoms with van der Waals surface area (Å²) in [5.41, 5.74) is 0.947. The number of fused-ring (bicyclic) bond motifs is 1. The van der Waals surface area contributed by atoms with Crippen molar-refractivity contribution in [3.05, 3.63) is 63.9 Å². The van der Waals surface area contributed by atoms with E-state index in [1.165, 1.54) is 24.1 Å². The number of methoxy groups -OCH3 is 1. The van der Waals surface area contributed by atoms with Crippen molar-refractivity contribution in [2.75, 3.05) is 18.6 Å². The van der Waals surface area contributed by atoms with E-state index in [2.05, 4.69) is 9.97 Å². The third-order valence-electron chi connectivity index (χ3n) is 4.78. The van der Waals surface area contributed by atoms with E-state index in [4.69, 9.17) is 9.47 Å². The molecule has 0 bridgehead atoms. The number of nitrogens with one attached hydrogen (secondary N) is 1. The molecule has 31 heavy (non-hydrogen) atoms. The van der Waals surface area contributed by atoms with Crippen molar-refractivity contribution in [3.8, 4) is 5.75 Å². The first kappa shape index (κ1) is 22.0. The Hall–Kier alpha value is -3.68. The summed E-state index contributed by atoms with van der Waals surface area (Å²) < 4.78 is 10.7. The molecule has 0 fully saturated rings. The van der Waals surface area contributed by atoms with Crippen LogP contribution in [-0.2, 0) is 11.3 Å². The highest BCUT2D eigenvalue weighted by molar-refractivity contribution is 5.91. The quantitative estimate of drug-likeness (QED) is 0.551. The normalized spacial score (nSPS) is 10.8. The maximum atomic E-state index is 12.9. The van der Waals surface area contributed by atoms with Crippen LogP contribution in [0.1, 0.15) is 36.2 Å². The lowest BCUT2D eigenvalue weighted by atomic mass is 10.1. The van der Waals surface area contributed by atoms with Crippen LogP contribution in [0.3, 0.4) is 0 Å². The highest BCUT2D eigenvalue weighted by Gasteiger charge is 2.22. The first-order valence-corrected chi connectivity index (χ1v) is 9.98. The van der Waals surface area contributed by atoms with Gasteiger partial charge in [0.05, 0.1) is 23.6 Å². The maximum Gasteiger partial charge on any atom is 0.416 e. The fraction of sp³-hybridized carbons (Fsp3) is 0.304. The molecule has 3 rings (SSSR count). The topological polar surface area (TPSA) is 102 Å². The van der Waals surface area contributed by atoms with Crippen LogP contribution in [0.2, 0.25) is 0 Å². The van der Waals surface area contributed by atoms with Gasteiger partial charge in [-0.25, -0.2) is 14.7 Å². The number of nitrogens with zero attached hydrogens (tertiary/aromatic N) is 2. The lowest BCUT2D eigenvalue weighted by Crippen LogP contribution is -2.35. The van der Waals surface area contributed by atoms with Gasteiger partial charge in [-0.15, -0.1) is 0 Å². The molecule has 162 valence electrons. The van der Waals surface area contributed by atoms with Crippen LogP contribution in [0.15, 0.2) is 47.3 Å². The fourth-order valence-electron chi connectivity index (χ4n) is 3.04. The van der Waals surface area contributed by atoms with Gasteiger partial charge < -0.3 is 9.47 Å². The number of carbonyl (C=O) groups is 2. The van der Waals surface area contributed by atoms with Crippen molar-refractivity contribution in [2.45, 2.75) is 26.9 Å². The number of hydrogen-bond donors (Lipinski definition) is 1. The van der Waals surface area contributed by atoms with E-state index in [9.17, 15) is 14.4 Å². The van der Waals surface area contributed by atoms with E-state index in [0.29, 0.717) is 36.4 Å². The van der Waals surface area contributed by atoms with Crippen molar-refractivity contribution in [2.24, 2.45) is 5.92 Å². The summed E-state index contributed by atoms with van der Waals surface area (Å²) in [6.45, 7) is 4.50. The van der Waals surface area contributed by atoms with Gasteiger partial charge >= 0.3 is 6.09 Å². The first-order valence-electron chi connectivity index (χ1n) is 9.98. The maximum absolute atomic E-state index is 12.9. The third-order valence-corrected chi connectivity index (χ3v) is 4.78. The lowest BCUT2D eigenvalue weighted by Gasteiger charge is -2.22. The second-order valence-electron chi connectivity index (χ2n) is 7.49. The molecule has 0 saturated carbocycles. The van der Waals surface area contributed by atoms with Crippen molar-refractivity contribution in [1.82, 2.24) is 9.97 Å². The first-order chi connectivity index (χ1) is 14.9. The SMILES string of the molecule is COc1cc2nc(N(CCC(C)C)C(=O)OCc3ccccc3)[nH]c(=O)c2cc1C=O.